The number of hydrogen-bond donors (Lipinski definition) is 1. The van der Waals surface area contributed by atoms with Crippen LogP contribution in [0, 0.1) is 0 Å². The summed E-state index contributed by atoms with van der Waals surface area (Å²) in [6.45, 7) is 5.86. The van der Waals surface area contributed by atoms with Crippen LogP contribution in [0.1, 0.15) is 0 Å². The fraction of sp³-hybridized carbons (Fsp3) is 0.500. The van der Waals surface area contributed by atoms with Crippen LogP contribution in [-0.2, 0) is 0 Å². The predicted octanol–water partition coefficient (Wildman–Crippen LogP) is 3.12. The van der Waals surface area contributed by atoms with Gasteiger partial charge in [0, 0.05) is 37.7 Å². The Kier molecular flexibility index (Phi) is 9.97. The van der Waals surface area contributed by atoms with Crippen molar-refractivity contribution in [1.82, 2.24) is 10.2 Å². The van der Waals surface area contributed by atoms with E-state index in [2.05, 4.69) is 10.2 Å². The molecule has 1 N–H and O–H groups in total. The van der Waals surface area contributed by atoms with Gasteiger partial charge in [-0.25, -0.2) is 0 Å². The molecule has 110 valence electrons. The van der Waals surface area contributed by atoms with Crippen LogP contribution in [0.4, 0.5) is 0 Å². The van der Waals surface area contributed by atoms with E-state index in [0.29, 0.717) is 22.4 Å². The van der Waals surface area contributed by atoms with Gasteiger partial charge in [0.25, 0.3) is 0 Å². The molecular formula is C12H18Cl4N2O. The van der Waals surface area contributed by atoms with Crippen LogP contribution >= 0.6 is 48.0 Å². The van der Waals surface area contributed by atoms with E-state index in [-0.39, 0.29) is 24.8 Å². The topological polar surface area (TPSA) is 24.5 Å². The molecule has 1 aliphatic heterocycles. The van der Waals surface area contributed by atoms with Crippen LogP contribution in [0.25, 0.3) is 0 Å². The summed E-state index contributed by atoms with van der Waals surface area (Å²) >= 11 is 11.8. The Morgan fingerprint density at radius 2 is 1.84 bits per heavy atom. The first-order valence-corrected chi connectivity index (χ1v) is 6.52. The van der Waals surface area contributed by atoms with E-state index in [1.165, 1.54) is 0 Å². The van der Waals surface area contributed by atoms with E-state index in [1.54, 1.807) is 12.1 Å². The molecule has 1 fully saturated rings. The smallest absolute Gasteiger partial charge is 0.138 e. The van der Waals surface area contributed by atoms with Gasteiger partial charge < -0.3 is 10.1 Å². The first kappa shape index (κ1) is 19.1. The fourth-order valence-electron chi connectivity index (χ4n) is 1.81. The molecule has 0 bridgehead atoms. The van der Waals surface area contributed by atoms with Gasteiger partial charge in [0.1, 0.15) is 12.4 Å². The van der Waals surface area contributed by atoms with Crippen molar-refractivity contribution in [2.24, 2.45) is 0 Å². The van der Waals surface area contributed by atoms with Crippen molar-refractivity contribution in [1.29, 1.82) is 0 Å². The molecule has 0 aromatic heterocycles. The van der Waals surface area contributed by atoms with Gasteiger partial charge in [-0.15, -0.1) is 24.8 Å². The van der Waals surface area contributed by atoms with Crippen molar-refractivity contribution in [2.45, 2.75) is 0 Å². The summed E-state index contributed by atoms with van der Waals surface area (Å²) in [5.74, 6) is 0.700. The van der Waals surface area contributed by atoms with E-state index >= 15 is 0 Å². The van der Waals surface area contributed by atoms with Crippen LogP contribution in [0.2, 0.25) is 10.0 Å². The summed E-state index contributed by atoms with van der Waals surface area (Å²) in [6, 6.07) is 5.29. The molecule has 0 unspecified atom stereocenters. The summed E-state index contributed by atoms with van der Waals surface area (Å²) < 4.78 is 5.64. The number of benzene rings is 1. The van der Waals surface area contributed by atoms with Crippen LogP contribution < -0.4 is 10.1 Å². The lowest BCUT2D eigenvalue weighted by Crippen LogP contribution is -2.44. The number of piperazine rings is 1. The molecule has 1 aromatic carbocycles. The maximum absolute atomic E-state index is 6.02. The van der Waals surface area contributed by atoms with E-state index in [4.69, 9.17) is 27.9 Å². The number of nitrogens with one attached hydrogen (secondary N) is 1. The lowest BCUT2D eigenvalue weighted by Gasteiger charge is -2.26. The molecule has 0 amide bonds. The summed E-state index contributed by atoms with van der Waals surface area (Å²) in [5, 5.41) is 4.52. The molecule has 0 atom stereocenters. The average Bonchev–Trinajstić information content (AvgIpc) is 2.33. The summed E-state index contributed by atoms with van der Waals surface area (Å²) in [5.41, 5.74) is 0. The highest BCUT2D eigenvalue weighted by Gasteiger charge is 2.09. The van der Waals surface area contributed by atoms with Crippen LogP contribution in [0.3, 0.4) is 0 Å². The Hall–Kier alpha value is 0.1000. The highest BCUT2D eigenvalue weighted by atomic mass is 35.5. The standard InChI is InChI=1S/C12H16Cl2N2O.2ClH/c13-10-1-2-12(11(14)9-10)17-8-7-16-5-3-15-4-6-16;;/h1-2,9,15H,3-8H2;2*1H. The molecule has 19 heavy (non-hydrogen) atoms. The lowest BCUT2D eigenvalue weighted by atomic mass is 10.3. The van der Waals surface area contributed by atoms with Gasteiger partial charge in [-0.3, -0.25) is 4.90 Å². The number of rotatable bonds is 4. The molecular weight excluding hydrogens is 330 g/mol. The number of halogens is 4. The monoisotopic (exact) mass is 346 g/mol. The second-order valence-electron chi connectivity index (χ2n) is 4.01. The molecule has 1 aliphatic rings. The molecule has 7 heteroatoms. The molecule has 0 radical (unpaired) electrons. The zero-order valence-corrected chi connectivity index (χ0v) is 13.5. The van der Waals surface area contributed by atoms with E-state index < -0.39 is 0 Å². The highest BCUT2D eigenvalue weighted by molar-refractivity contribution is 6.35. The summed E-state index contributed by atoms with van der Waals surface area (Å²) in [6.07, 6.45) is 0. The van der Waals surface area contributed by atoms with Gasteiger partial charge in [0.15, 0.2) is 0 Å². The Morgan fingerprint density at radius 1 is 1.16 bits per heavy atom. The first-order chi connectivity index (χ1) is 8.25. The molecule has 0 spiro atoms. The molecule has 3 nitrogen and oxygen atoms in total. The second kappa shape index (κ2) is 9.92. The van der Waals surface area contributed by atoms with E-state index in [0.717, 1.165) is 32.7 Å². The molecule has 1 aromatic rings. The quantitative estimate of drug-likeness (QED) is 0.905. The van der Waals surface area contributed by atoms with E-state index in [1.807, 2.05) is 6.07 Å². The maximum atomic E-state index is 6.02. The molecule has 1 heterocycles. The number of nitrogens with zero attached hydrogens (tertiary/aromatic N) is 1. The van der Waals surface area contributed by atoms with E-state index in [9.17, 15) is 0 Å². The van der Waals surface area contributed by atoms with Crippen molar-refractivity contribution in [3.8, 4) is 5.75 Å². The minimum Gasteiger partial charge on any atom is -0.491 e. The van der Waals surface area contributed by atoms with Gasteiger partial charge >= 0.3 is 0 Å². The van der Waals surface area contributed by atoms with Crippen molar-refractivity contribution >= 4 is 48.0 Å². The van der Waals surface area contributed by atoms with Gasteiger partial charge in [-0.2, -0.15) is 0 Å². The normalized spacial score (nSPS) is 15.3. The van der Waals surface area contributed by atoms with Crippen molar-refractivity contribution in [3.05, 3.63) is 28.2 Å². The Bertz CT molecular complexity index is 373. The Morgan fingerprint density at radius 3 is 2.47 bits per heavy atom. The zero-order valence-electron chi connectivity index (χ0n) is 10.4. The van der Waals surface area contributed by atoms with Gasteiger partial charge in [-0.1, -0.05) is 23.2 Å². The Balaban J connectivity index is 0.00000162. The molecule has 2 rings (SSSR count). The number of hydrogen-bond acceptors (Lipinski definition) is 3. The fourth-order valence-corrected chi connectivity index (χ4v) is 2.27. The minimum absolute atomic E-state index is 0. The third-order valence-corrected chi connectivity index (χ3v) is 3.30. The average molecular weight is 348 g/mol. The van der Waals surface area contributed by atoms with Crippen molar-refractivity contribution in [3.63, 3.8) is 0 Å². The summed E-state index contributed by atoms with van der Waals surface area (Å²) in [7, 11) is 0. The highest BCUT2D eigenvalue weighted by Crippen LogP contribution is 2.27. The van der Waals surface area contributed by atoms with Crippen molar-refractivity contribution < 1.29 is 4.74 Å². The Labute approximate surface area is 136 Å². The van der Waals surface area contributed by atoms with Gasteiger partial charge in [-0.05, 0) is 18.2 Å². The van der Waals surface area contributed by atoms with Crippen LogP contribution in [-0.4, -0.2) is 44.2 Å². The number of ether oxygens (including phenoxy) is 1. The molecule has 0 aliphatic carbocycles. The second-order valence-corrected chi connectivity index (χ2v) is 4.86. The molecule has 0 saturated carbocycles. The zero-order chi connectivity index (χ0) is 12.1. The molecule has 1 saturated heterocycles. The van der Waals surface area contributed by atoms with Crippen molar-refractivity contribution in [2.75, 3.05) is 39.3 Å². The van der Waals surface area contributed by atoms with Crippen LogP contribution in [0.15, 0.2) is 18.2 Å². The van der Waals surface area contributed by atoms with Crippen LogP contribution in [0.5, 0.6) is 5.75 Å². The van der Waals surface area contributed by atoms with Gasteiger partial charge in [0.05, 0.1) is 5.02 Å². The SMILES string of the molecule is Cl.Cl.Clc1ccc(OCCN2CCNCC2)c(Cl)c1. The van der Waals surface area contributed by atoms with Gasteiger partial charge in [0.2, 0.25) is 0 Å². The predicted molar refractivity (Wildman–Crippen MR) is 85.8 cm³/mol. The first-order valence-electron chi connectivity index (χ1n) is 5.76. The third-order valence-electron chi connectivity index (χ3n) is 2.77. The largest absolute Gasteiger partial charge is 0.491 e. The maximum Gasteiger partial charge on any atom is 0.138 e. The third kappa shape index (κ3) is 6.39. The summed E-state index contributed by atoms with van der Waals surface area (Å²) in [4.78, 5) is 2.38. The minimum atomic E-state index is 0. The lowest BCUT2D eigenvalue weighted by molar-refractivity contribution is 0.191.